The van der Waals surface area contributed by atoms with E-state index in [0.717, 1.165) is 25.7 Å². The molecule has 0 heterocycles. The Morgan fingerprint density at radius 2 is 0.861 bits per heavy atom. The van der Waals surface area contributed by atoms with E-state index in [1.54, 1.807) is 44.5 Å². The molecule has 2 aromatic carbocycles. The second kappa shape index (κ2) is 10.7. The van der Waals surface area contributed by atoms with E-state index in [9.17, 15) is 0 Å². The van der Waals surface area contributed by atoms with Crippen molar-refractivity contribution in [3.63, 3.8) is 0 Å². The lowest BCUT2D eigenvalue weighted by Gasteiger charge is -2.21. The van der Waals surface area contributed by atoms with Gasteiger partial charge in [-0.2, -0.15) is 0 Å². The highest BCUT2D eigenvalue weighted by molar-refractivity contribution is 5.87. The minimum Gasteiger partial charge on any atom is -0.0616 e. The van der Waals surface area contributed by atoms with Gasteiger partial charge in [-0.3, -0.25) is 0 Å². The molecule has 2 aliphatic rings. The van der Waals surface area contributed by atoms with Gasteiger partial charge in [0, 0.05) is 12.8 Å². The Morgan fingerprint density at radius 1 is 0.500 bits per heavy atom. The maximum absolute atomic E-state index is 2.50. The van der Waals surface area contributed by atoms with Crippen LogP contribution in [-0.4, -0.2) is 0 Å². The van der Waals surface area contributed by atoms with E-state index in [4.69, 9.17) is 0 Å². The van der Waals surface area contributed by atoms with E-state index in [-0.39, 0.29) is 0 Å². The smallest absolute Gasteiger partial charge is 0.0167 e. The van der Waals surface area contributed by atoms with Crippen molar-refractivity contribution in [2.24, 2.45) is 0 Å². The van der Waals surface area contributed by atoms with Gasteiger partial charge in [0.25, 0.3) is 0 Å². The molecule has 0 saturated carbocycles. The minimum absolute atomic E-state index is 0.532. The number of rotatable bonds is 9. The monoisotopic (exact) mass is 480 g/mol. The standard InChI is InChI=1S/C36H48/c1-11-25-15-29-17-27(21(3)4)19-33(23(7)8)35(29)31(25)13-14-32-26(12-2)16-30-18-28(22(5)6)20-34(24(9)10)36(30)32/h15-24H,11-14H2,1-10H3. The van der Waals surface area contributed by atoms with Crippen molar-refractivity contribution in [2.45, 2.75) is 119 Å². The van der Waals surface area contributed by atoms with Crippen LogP contribution in [0.3, 0.4) is 0 Å². The second-order valence-electron chi connectivity index (χ2n) is 12.3. The molecule has 0 unspecified atom stereocenters. The Morgan fingerprint density at radius 3 is 1.14 bits per heavy atom. The Balaban J connectivity index is 1.75. The summed E-state index contributed by atoms with van der Waals surface area (Å²) in [6, 6.07) is 9.93. The molecule has 192 valence electrons. The van der Waals surface area contributed by atoms with Gasteiger partial charge in [-0.25, -0.2) is 0 Å². The molecule has 0 bridgehead atoms. The van der Waals surface area contributed by atoms with Gasteiger partial charge in [-0.05, 0) is 105 Å². The predicted octanol–water partition coefficient (Wildman–Crippen LogP) is 11.1. The average molecular weight is 481 g/mol. The maximum Gasteiger partial charge on any atom is 0.0167 e. The first-order chi connectivity index (χ1) is 17.1. The van der Waals surface area contributed by atoms with Gasteiger partial charge in [-0.1, -0.05) is 105 Å². The molecule has 36 heavy (non-hydrogen) atoms. The highest BCUT2D eigenvalue weighted by Gasteiger charge is 2.29. The summed E-state index contributed by atoms with van der Waals surface area (Å²) < 4.78 is 0. The lowest BCUT2D eigenvalue weighted by molar-refractivity contribution is 0.827. The van der Waals surface area contributed by atoms with Crippen LogP contribution in [0, 0.1) is 12.8 Å². The summed E-state index contributed by atoms with van der Waals surface area (Å²) in [6.07, 6.45) is 9.47. The van der Waals surface area contributed by atoms with Gasteiger partial charge >= 0.3 is 0 Å². The van der Waals surface area contributed by atoms with Gasteiger partial charge < -0.3 is 0 Å². The molecule has 4 rings (SSSR count). The zero-order chi connectivity index (χ0) is 26.3. The van der Waals surface area contributed by atoms with E-state index in [2.05, 4.69) is 106 Å². The lowest BCUT2D eigenvalue weighted by Crippen LogP contribution is -2.02. The third-order valence-corrected chi connectivity index (χ3v) is 8.45. The topological polar surface area (TPSA) is 0 Å². The molecule has 0 spiro atoms. The second-order valence-corrected chi connectivity index (χ2v) is 12.3. The molecule has 2 radical (unpaired) electrons. The first-order valence-corrected chi connectivity index (χ1v) is 14.6. The Hall–Kier alpha value is -2.08. The predicted molar refractivity (Wildman–Crippen MR) is 160 cm³/mol. The number of hydrogen-bond acceptors (Lipinski definition) is 0. The summed E-state index contributed by atoms with van der Waals surface area (Å²) in [4.78, 5) is 0. The van der Waals surface area contributed by atoms with Crippen LogP contribution in [0.25, 0.3) is 11.1 Å². The van der Waals surface area contributed by atoms with E-state index in [1.807, 2.05) is 0 Å². The maximum atomic E-state index is 2.50. The fourth-order valence-electron chi connectivity index (χ4n) is 6.25. The van der Waals surface area contributed by atoms with Crippen molar-refractivity contribution in [2.75, 3.05) is 0 Å². The summed E-state index contributed by atoms with van der Waals surface area (Å²) in [5.74, 6) is 2.18. The van der Waals surface area contributed by atoms with Crippen LogP contribution in [0.1, 0.15) is 163 Å². The summed E-state index contributed by atoms with van der Waals surface area (Å²) in [5.41, 5.74) is 18.4. The SMILES string of the molecule is CCC1=C(CCC2=C(CC)[CH]c3cc(C(C)C)cc(C(C)C)c32)c2c(cc(C(C)C)cc2C(C)C)[CH]1. The van der Waals surface area contributed by atoms with E-state index in [0.29, 0.717) is 23.7 Å². The summed E-state index contributed by atoms with van der Waals surface area (Å²) in [6.45, 7) is 23.4. The molecule has 0 heteroatoms. The lowest BCUT2D eigenvalue weighted by atomic mass is 9.83. The quantitative estimate of drug-likeness (QED) is 0.335. The minimum atomic E-state index is 0.532. The Labute approximate surface area is 222 Å². The van der Waals surface area contributed by atoms with Crippen molar-refractivity contribution in [1.82, 2.24) is 0 Å². The first kappa shape index (κ1) is 27.0. The van der Waals surface area contributed by atoms with Crippen molar-refractivity contribution in [1.29, 1.82) is 0 Å². The molecule has 2 aromatic rings. The zero-order valence-electron chi connectivity index (χ0n) is 24.6. The third-order valence-electron chi connectivity index (χ3n) is 8.45. The number of fused-ring (bicyclic) bond motifs is 2. The van der Waals surface area contributed by atoms with Gasteiger partial charge in [-0.15, -0.1) is 0 Å². The van der Waals surface area contributed by atoms with Crippen molar-refractivity contribution < 1.29 is 0 Å². The molecule has 0 aliphatic heterocycles. The average Bonchev–Trinajstić information content (AvgIpc) is 3.38. The Kier molecular flexibility index (Phi) is 8.04. The normalized spacial score (nSPS) is 15.4. The molecule has 0 fully saturated rings. The van der Waals surface area contributed by atoms with Crippen LogP contribution in [-0.2, 0) is 0 Å². The zero-order valence-corrected chi connectivity index (χ0v) is 24.6. The van der Waals surface area contributed by atoms with Crippen LogP contribution in [0.15, 0.2) is 35.4 Å². The fourth-order valence-corrected chi connectivity index (χ4v) is 6.25. The van der Waals surface area contributed by atoms with Crippen molar-refractivity contribution >= 4 is 11.1 Å². The van der Waals surface area contributed by atoms with Gasteiger partial charge in [0.05, 0.1) is 0 Å². The molecule has 2 aliphatic carbocycles. The van der Waals surface area contributed by atoms with Crippen LogP contribution in [0.5, 0.6) is 0 Å². The summed E-state index contributed by atoms with van der Waals surface area (Å²) in [5, 5.41) is 0. The molecule has 0 aromatic heterocycles. The van der Waals surface area contributed by atoms with E-state index >= 15 is 0 Å². The number of allylic oxidation sites excluding steroid dienone is 4. The molecule has 0 saturated heterocycles. The van der Waals surface area contributed by atoms with Gasteiger partial charge in [0.1, 0.15) is 0 Å². The number of benzene rings is 2. The summed E-state index contributed by atoms with van der Waals surface area (Å²) in [7, 11) is 0. The van der Waals surface area contributed by atoms with Gasteiger partial charge in [0.2, 0.25) is 0 Å². The third kappa shape index (κ3) is 4.90. The van der Waals surface area contributed by atoms with Gasteiger partial charge in [0.15, 0.2) is 0 Å². The largest absolute Gasteiger partial charge is 0.0616 e. The highest BCUT2D eigenvalue weighted by atomic mass is 14.3. The first-order valence-electron chi connectivity index (χ1n) is 14.6. The van der Waals surface area contributed by atoms with Crippen molar-refractivity contribution in [3.05, 3.63) is 92.8 Å². The molecule has 0 nitrogen and oxygen atoms in total. The van der Waals surface area contributed by atoms with Crippen LogP contribution < -0.4 is 0 Å². The van der Waals surface area contributed by atoms with E-state index in [1.165, 1.54) is 22.3 Å². The molecule has 0 N–H and O–H groups in total. The highest BCUT2D eigenvalue weighted by Crippen LogP contribution is 2.48. The Bertz CT molecular complexity index is 1100. The van der Waals surface area contributed by atoms with Crippen molar-refractivity contribution in [3.8, 4) is 0 Å². The molecular formula is C36H48. The summed E-state index contributed by atoms with van der Waals surface area (Å²) >= 11 is 0. The molecule has 0 amide bonds. The molecule has 0 atom stereocenters. The molecular weight excluding hydrogens is 432 g/mol. The fraction of sp³-hybridized carbons (Fsp3) is 0.500. The number of hydrogen-bond donors (Lipinski definition) is 0. The van der Waals surface area contributed by atoms with Crippen LogP contribution in [0.4, 0.5) is 0 Å². The van der Waals surface area contributed by atoms with Crippen LogP contribution in [0.2, 0.25) is 0 Å². The van der Waals surface area contributed by atoms with Crippen LogP contribution >= 0.6 is 0 Å². The van der Waals surface area contributed by atoms with E-state index < -0.39 is 0 Å².